The molecule has 2 rings (SSSR count). The summed E-state index contributed by atoms with van der Waals surface area (Å²) in [5, 5.41) is 0. The number of nitrogens with zero attached hydrogens (tertiary/aromatic N) is 1. The van der Waals surface area contributed by atoms with E-state index in [9.17, 15) is 8.42 Å². The molecule has 0 spiro atoms. The molecule has 1 heterocycles. The van der Waals surface area contributed by atoms with E-state index in [-0.39, 0.29) is 8.68 Å². The minimum absolute atomic E-state index is 0.143. The molecule has 0 atom stereocenters. The Morgan fingerprint density at radius 1 is 1.25 bits per heavy atom. The molecule has 108 valence electrons. The lowest BCUT2D eigenvalue weighted by atomic mass is 10.1. The summed E-state index contributed by atoms with van der Waals surface area (Å²) in [6, 6.07) is 3.72. The minimum Gasteiger partial charge on any atom is -0.278 e. The smallest absolute Gasteiger partial charge is 0.273 e. The van der Waals surface area contributed by atoms with E-state index in [4.69, 9.17) is 11.6 Å². The number of aromatic nitrogens is 1. The first-order valence-corrected chi connectivity index (χ1v) is 9.10. The Kier molecular flexibility index (Phi) is 4.44. The number of aryl methyl sites for hydroxylation is 3. The number of hydrogen-bond donors (Lipinski definition) is 1. The molecule has 0 fully saturated rings. The molecule has 1 N–H and O–H groups in total. The van der Waals surface area contributed by atoms with Crippen molar-refractivity contribution >= 4 is 54.6 Å². The predicted molar refractivity (Wildman–Crippen MR) is 86.3 cm³/mol. The summed E-state index contributed by atoms with van der Waals surface area (Å²) in [5.74, 6) is 0. The van der Waals surface area contributed by atoms with Gasteiger partial charge in [0.1, 0.15) is 0 Å². The van der Waals surface area contributed by atoms with Gasteiger partial charge >= 0.3 is 0 Å². The number of sulfonamides is 1. The predicted octanol–water partition coefficient (Wildman–Crippen LogP) is 4.29. The molecular formula is C12H12BrClN2O2S2. The van der Waals surface area contributed by atoms with Crippen molar-refractivity contribution in [3.05, 3.63) is 37.9 Å². The molecule has 1 aromatic carbocycles. The van der Waals surface area contributed by atoms with Crippen LogP contribution in [0.15, 0.2) is 20.8 Å². The van der Waals surface area contributed by atoms with Crippen LogP contribution in [-0.2, 0) is 10.0 Å². The van der Waals surface area contributed by atoms with Gasteiger partial charge < -0.3 is 0 Å². The van der Waals surface area contributed by atoms with Gasteiger partial charge in [0, 0.05) is 4.47 Å². The second kappa shape index (κ2) is 5.63. The highest BCUT2D eigenvalue weighted by atomic mass is 79.9. The Labute approximate surface area is 135 Å². The van der Waals surface area contributed by atoms with Gasteiger partial charge in [0.15, 0.2) is 8.68 Å². The number of nitrogens with one attached hydrogen (secondary N) is 1. The number of rotatable bonds is 3. The maximum absolute atomic E-state index is 12.4. The number of hydrogen-bond acceptors (Lipinski definition) is 4. The van der Waals surface area contributed by atoms with Crippen LogP contribution < -0.4 is 4.72 Å². The van der Waals surface area contributed by atoms with Crippen molar-refractivity contribution in [2.75, 3.05) is 4.72 Å². The molecule has 0 saturated heterocycles. The highest BCUT2D eigenvalue weighted by molar-refractivity contribution is 9.10. The molecule has 20 heavy (non-hydrogen) atoms. The molecule has 0 saturated carbocycles. The SMILES string of the molecule is Cc1cc(Br)cc(C)c1NS(=O)(=O)c1sc(Cl)nc1C. The third-order valence-corrected chi connectivity index (χ3v) is 6.38. The van der Waals surface area contributed by atoms with Crippen LogP contribution in [0.3, 0.4) is 0 Å². The molecule has 0 radical (unpaired) electrons. The van der Waals surface area contributed by atoms with E-state index in [0.29, 0.717) is 11.4 Å². The molecule has 2 aromatic rings. The van der Waals surface area contributed by atoms with Crippen LogP contribution in [0.1, 0.15) is 16.8 Å². The fourth-order valence-electron chi connectivity index (χ4n) is 1.85. The second-order valence-electron chi connectivity index (χ2n) is 4.36. The Morgan fingerprint density at radius 2 is 1.80 bits per heavy atom. The summed E-state index contributed by atoms with van der Waals surface area (Å²) < 4.78 is 28.7. The molecule has 0 aliphatic carbocycles. The van der Waals surface area contributed by atoms with Gasteiger partial charge in [-0.2, -0.15) is 0 Å². The van der Waals surface area contributed by atoms with Crippen molar-refractivity contribution in [2.45, 2.75) is 25.0 Å². The van der Waals surface area contributed by atoms with E-state index in [1.165, 1.54) is 0 Å². The van der Waals surface area contributed by atoms with Crippen LogP contribution in [0.25, 0.3) is 0 Å². The first-order valence-electron chi connectivity index (χ1n) is 5.63. The average Bonchev–Trinajstić information content (AvgIpc) is 2.64. The van der Waals surface area contributed by atoms with E-state index in [1.54, 1.807) is 6.92 Å². The molecule has 0 bridgehead atoms. The maximum atomic E-state index is 12.4. The van der Waals surface area contributed by atoms with Crippen LogP contribution in [0.5, 0.6) is 0 Å². The van der Waals surface area contributed by atoms with Crippen LogP contribution >= 0.6 is 38.9 Å². The average molecular weight is 396 g/mol. The molecule has 4 nitrogen and oxygen atoms in total. The third kappa shape index (κ3) is 3.16. The van der Waals surface area contributed by atoms with Crippen molar-refractivity contribution < 1.29 is 8.42 Å². The Balaban J connectivity index is 2.46. The fourth-order valence-corrected chi connectivity index (χ4v) is 5.48. The van der Waals surface area contributed by atoms with Gasteiger partial charge in [-0.3, -0.25) is 4.72 Å². The lowest BCUT2D eigenvalue weighted by molar-refractivity contribution is 0.602. The summed E-state index contributed by atoms with van der Waals surface area (Å²) in [6.07, 6.45) is 0. The van der Waals surface area contributed by atoms with Crippen molar-refractivity contribution in [2.24, 2.45) is 0 Å². The van der Waals surface area contributed by atoms with Gasteiger partial charge in [-0.1, -0.05) is 38.9 Å². The van der Waals surface area contributed by atoms with Crippen molar-refractivity contribution in [1.82, 2.24) is 4.98 Å². The number of thiazole rings is 1. The zero-order chi connectivity index (χ0) is 15.1. The lowest BCUT2D eigenvalue weighted by Gasteiger charge is -2.13. The van der Waals surface area contributed by atoms with Crippen molar-refractivity contribution in [3.8, 4) is 0 Å². The molecule has 1 aromatic heterocycles. The Hall–Kier alpha value is -0.630. The highest BCUT2D eigenvalue weighted by Crippen LogP contribution is 2.31. The Bertz CT molecular complexity index is 749. The van der Waals surface area contributed by atoms with Crippen LogP contribution in [0.2, 0.25) is 4.47 Å². The quantitative estimate of drug-likeness (QED) is 0.843. The largest absolute Gasteiger partial charge is 0.278 e. The van der Waals surface area contributed by atoms with E-state index in [1.807, 2.05) is 26.0 Å². The minimum atomic E-state index is -3.67. The summed E-state index contributed by atoms with van der Waals surface area (Å²) in [6.45, 7) is 5.32. The highest BCUT2D eigenvalue weighted by Gasteiger charge is 2.23. The standard InChI is InChI=1S/C12H12BrClN2O2S2/c1-6-4-9(13)5-7(2)10(6)16-20(17,18)11-8(3)15-12(14)19-11/h4-5,16H,1-3H3. The van der Waals surface area contributed by atoms with Crippen LogP contribution in [0.4, 0.5) is 5.69 Å². The van der Waals surface area contributed by atoms with Crippen LogP contribution in [-0.4, -0.2) is 13.4 Å². The van der Waals surface area contributed by atoms with Gasteiger partial charge in [-0.15, -0.1) is 0 Å². The molecule has 0 unspecified atom stereocenters. The van der Waals surface area contributed by atoms with E-state index in [0.717, 1.165) is 26.9 Å². The zero-order valence-electron chi connectivity index (χ0n) is 11.0. The monoisotopic (exact) mass is 394 g/mol. The van der Waals surface area contributed by atoms with Crippen molar-refractivity contribution in [1.29, 1.82) is 0 Å². The molecule has 0 aliphatic heterocycles. The first-order chi connectivity index (χ1) is 9.20. The summed E-state index contributed by atoms with van der Waals surface area (Å²) in [7, 11) is -3.67. The molecule has 8 heteroatoms. The van der Waals surface area contributed by atoms with E-state index >= 15 is 0 Å². The number of halogens is 2. The third-order valence-electron chi connectivity index (χ3n) is 2.71. The van der Waals surface area contributed by atoms with E-state index < -0.39 is 10.0 Å². The van der Waals surface area contributed by atoms with Gasteiger partial charge in [0.2, 0.25) is 0 Å². The topological polar surface area (TPSA) is 59.1 Å². The molecule has 0 amide bonds. The summed E-state index contributed by atoms with van der Waals surface area (Å²) >= 11 is 10.1. The normalized spacial score (nSPS) is 11.7. The van der Waals surface area contributed by atoms with Gasteiger partial charge in [-0.25, -0.2) is 13.4 Å². The molecule has 0 aliphatic rings. The number of anilines is 1. The van der Waals surface area contributed by atoms with Gasteiger partial charge in [0.05, 0.1) is 11.4 Å². The lowest BCUT2D eigenvalue weighted by Crippen LogP contribution is -2.14. The zero-order valence-corrected chi connectivity index (χ0v) is 15.0. The van der Waals surface area contributed by atoms with E-state index in [2.05, 4.69) is 25.6 Å². The first kappa shape index (κ1) is 15.8. The second-order valence-corrected chi connectivity index (χ2v) is 8.73. The van der Waals surface area contributed by atoms with Crippen LogP contribution in [0, 0.1) is 20.8 Å². The summed E-state index contributed by atoms with van der Waals surface area (Å²) in [5.41, 5.74) is 2.67. The van der Waals surface area contributed by atoms with Crippen molar-refractivity contribution in [3.63, 3.8) is 0 Å². The van der Waals surface area contributed by atoms with Gasteiger partial charge in [0.25, 0.3) is 10.0 Å². The summed E-state index contributed by atoms with van der Waals surface area (Å²) in [4.78, 5) is 3.94. The Morgan fingerprint density at radius 3 is 2.25 bits per heavy atom. The molecular weight excluding hydrogens is 384 g/mol. The van der Waals surface area contributed by atoms with Gasteiger partial charge in [-0.05, 0) is 44.0 Å². The fraction of sp³-hybridized carbons (Fsp3) is 0.250. The number of benzene rings is 1. The maximum Gasteiger partial charge on any atom is 0.273 e.